The second-order valence-corrected chi connectivity index (χ2v) is 10.2. The van der Waals surface area contributed by atoms with E-state index in [1.165, 1.54) is 22.4 Å². The van der Waals surface area contributed by atoms with Gasteiger partial charge in [-0.05, 0) is 46.8 Å². The SMILES string of the molecule is O=C(O)CCNC(=O)CCN1C(=O)C(=Cc2cc(-c3cc(C(F)(F)F)cc(C(F)(F)F)c3)cs2)SC1=S. The van der Waals surface area contributed by atoms with Crippen molar-refractivity contribution in [1.82, 2.24) is 10.2 Å². The quantitative estimate of drug-likeness (QED) is 0.238. The first kappa shape index (κ1) is 28.7. The van der Waals surface area contributed by atoms with E-state index in [-0.39, 0.29) is 52.4 Å². The third-order valence-corrected chi connectivity index (χ3v) is 7.17. The van der Waals surface area contributed by atoms with Gasteiger partial charge in [0.25, 0.3) is 5.91 Å². The van der Waals surface area contributed by atoms with Gasteiger partial charge in [0, 0.05) is 24.4 Å². The highest BCUT2D eigenvalue weighted by Crippen LogP contribution is 2.40. The number of carboxylic acid groups (broad SMARTS) is 1. The van der Waals surface area contributed by atoms with E-state index in [1.807, 2.05) is 0 Å². The molecule has 0 spiro atoms. The summed E-state index contributed by atoms with van der Waals surface area (Å²) < 4.78 is 79.2. The van der Waals surface area contributed by atoms with E-state index in [0.717, 1.165) is 23.1 Å². The van der Waals surface area contributed by atoms with E-state index in [0.29, 0.717) is 17.0 Å². The Bertz CT molecular complexity index is 1240. The Morgan fingerprint density at radius 2 is 1.62 bits per heavy atom. The van der Waals surface area contributed by atoms with Gasteiger partial charge in [0.15, 0.2) is 0 Å². The third kappa shape index (κ3) is 7.55. The lowest BCUT2D eigenvalue weighted by Crippen LogP contribution is -2.34. The fraction of sp³-hybridized carbons (Fsp3) is 0.273. The van der Waals surface area contributed by atoms with Crippen LogP contribution in [0.1, 0.15) is 28.8 Å². The zero-order valence-corrected chi connectivity index (χ0v) is 20.9. The topological polar surface area (TPSA) is 86.7 Å². The fourth-order valence-electron chi connectivity index (χ4n) is 3.13. The molecule has 1 aromatic carbocycles. The van der Waals surface area contributed by atoms with Gasteiger partial charge in [0.2, 0.25) is 5.91 Å². The molecule has 1 aliphatic rings. The number of thiocarbonyl (C=S) groups is 1. The van der Waals surface area contributed by atoms with Crippen LogP contribution in [0.2, 0.25) is 0 Å². The van der Waals surface area contributed by atoms with Crippen LogP contribution in [-0.4, -0.2) is 45.2 Å². The van der Waals surface area contributed by atoms with E-state index < -0.39 is 41.3 Å². The number of carbonyl (C=O) groups is 3. The first-order chi connectivity index (χ1) is 17.1. The molecule has 0 unspecified atom stereocenters. The first-order valence-corrected chi connectivity index (χ1v) is 12.4. The average Bonchev–Trinajstić information content (AvgIpc) is 3.35. The van der Waals surface area contributed by atoms with Gasteiger partial charge < -0.3 is 10.4 Å². The Hall–Kier alpha value is -2.91. The van der Waals surface area contributed by atoms with E-state index in [1.54, 1.807) is 0 Å². The molecule has 0 atom stereocenters. The second kappa shape index (κ2) is 11.2. The minimum atomic E-state index is -4.98. The molecule has 0 aliphatic carbocycles. The number of hydrogen-bond acceptors (Lipinski definition) is 6. The molecular weight excluding hydrogens is 566 g/mol. The number of carbonyl (C=O) groups excluding carboxylic acids is 2. The number of aliphatic carboxylic acids is 1. The summed E-state index contributed by atoms with van der Waals surface area (Å²) in [5.41, 5.74) is -3.03. The van der Waals surface area contributed by atoms with Gasteiger partial charge in [-0.25, -0.2) is 0 Å². The van der Waals surface area contributed by atoms with Crippen LogP contribution in [-0.2, 0) is 26.7 Å². The summed E-state index contributed by atoms with van der Waals surface area (Å²) in [4.78, 5) is 36.8. The van der Waals surface area contributed by atoms with Crippen LogP contribution < -0.4 is 5.32 Å². The molecule has 198 valence electrons. The number of rotatable bonds is 8. The number of benzene rings is 1. The maximum Gasteiger partial charge on any atom is 0.416 e. The van der Waals surface area contributed by atoms with Crippen LogP contribution in [0.15, 0.2) is 34.6 Å². The van der Waals surface area contributed by atoms with E-state index in [2.05, 4.69) is 5.32 Å². The predicted octanol–water partition coefficient (Wildman–Crippen LogP) is 5.63. The maximum absolute atomic E-state index is 13.2. The van der Waals surface area contributed by atoms with Crippen LogP contribution in [0.5, 0.6) is 0 Å². The van der Waals surface area contributed by atoms with Gasteiger partial charge in [-0.1, -0.05) is 24.0 Å². The van der Waals surface area contributed by atoms with Crippen molar-refractivity contribution in [2.75, 3.05) is 13.1 Å². The first-order valence-electron chi connectivity index (χ1n) is 10.3. The van der Waals surface area contributed by atoms with E-state index in [9.17, 15) is 40.7 Å². The predicted molar refractivity (Wildman–Crippen MR) is 130 cm³/mol. The number of halogens is 6. The highest BCUT2D eigenvalue weighted by Gasteiger charge is 2.37. The van der Waals surface area contributed by atoms with Crippen LogP contribution >= 0.6 is 35.3 Å². The lowest BCUT2D eigenvalue weighted by Gasteiger charge is -2.14. The molecule has 0 bridgehead atoms. The Kier molecular flexibility index (Phi) is 8.70. The van der Waals surface area contributed by atoms with Crippen molar-refractivity contribution >= 4 is 63.5 Å². The summed E-state index contributed by atoms with van der Waals surface area (Å²) in [5, 5.41) is 12.4. The molecule has 1 aromatic heterocycles. The summed E-state index contributed by atoms with van der Waals surface area (Å²) >= 11 is 7.12. The zero-order valence-electron chi connectivity index (χ0n) is 18.4. The summed E-state index contributed by atoms with van der Waals surface area (Å²) in [6.07, 6.45) is -8.92. The molecule has 0 saturated carbocycles. The minimum absolute atomic E-state index is 0.0501. The third-order valence-electron chi connectivity index (χ3n) is 4.91. The molecule has 0 radical (unpaired) electrons. The Morgan fingerprint density at radius 1 is 1.00 bits per heavy atom. The number of nitrogens with zero attached hydrogens (tertiary/aromatic N) is 1. The number of amides is 2. The molecule has 6 nitrogen and oxygen atoms in total. The monoisotopic (exact) mass is 582 g/mol. The fourth-order valence-corrected chi connectivity index (χ4v) is 5.36. The van der Waals surface area contributed by atoms with Gasteiger partial charge in [-0.2, -0.15) is 26.3 Å². The second-order valence-electron chi connectivity index (χ2n) is 7.61. The van der Waals surface area contributed by atoms with E-state index in [4.69, 9.17) is 17.3 Å². The highest BCUT2D eigenvalue weighted by molar-refractivity contribution is 8.26. The van der Waals surface area contributed by atoms with Crippen LogP contribution in [0, 0.1) is 0 Å². The van der Waals surface area contributed by atoms with Crippen molar-refractivity contribution in [3.8, 4) is 11.1 Å². The summed E-state index contributed by atoms with van der Waals surface area (Å²) in [6.45, 7) is -0.120. The molecular formula is C22H16F6N2O4S3. The van der Waals surface area contributed by atoms with Crippen molar-refractivity contribution in [3.63, 3.8) is 0 Å². The van der Waals surface area contributed by atoms with Crippen molar-refractivity contribution in [3.05, 3.63) is 50.6 Å². The molecule has 1 saturated heterocycles. The molecule has 1 aliphatic heterocycles. The number of alkyl halides is 6. The number of nitrogens with one attached hydrogen (secondary N) is 1. The van der Waals surface area contributed by atoms with Crippen LogP contribution in [0.25, 0.3) is 17.2 Å². The van der Waals surface area contributed by atoms with E-state index >= 15 is 0 Å². The molecule has 1 fully saturated rings. The van der Waals surface area contributed by atoms with Gasteiger partial charge in [0.1, 0.15) is 4.32 Å². The molecule has 2 amide bonds. The van der Waals surface area contributed by atoms with Crippen molar-refractivity contribution in [2.45, 2.75) is 25.2 Å². The number of carboxylic acids is 1. The Morgan fingerprint density at radius 3 is 2.19 bits per heavy atom. The lowest BCUT2D eigenvalue weighted by molar-refractivity contribution is -0.143. The molecule has 15 heteroatoms. The van der Waals surface area contributed by atoms with Gasteiger partial charge in [-0.3, -0.25) is 19.3 Å². The summed E-state index contributed by atoms with van der Waals surface area (Å²) in [6, 6.07) is 2.67. The molecule has 2 N–H and O–H groups in total. The number of thioether (sulfide) groups is 1. The van der Waals surface area contributed by atoms with Crippen molar-refractivity contribution < 1.29 is 45.8 Å². The minimum Gasteiger partial charge on any atom is -0.481 e. The Labute approximate surface area is 219 Å². The maximum atomic E-state index is 13.2. The van der Waals surface area contributed by atoms with Crippen molar-refractivity contribution in [2.24, 2.45) is 0 Å². The summed E-state index contributed by atoms with van der Waals surface area (Å²) in [7, 11) is 0. The highest BCUT2D eigenvalue weighted by atomic mass is 32.2. The average molecular weight is 583 g/mol. The standard InChI is InChI=1S/C22H16F6N2O4S3/c23-21(24,25)13-5-11(6-14(8-13)22(26,27)28)12-7-15(36-10-12)9-16-19(34)30(20(35)37-16)4-2-17(31)29-3-1-18(32)33/h5-10H,1-4H2,(H,29,31)(H,32,33). The van der Waals surface area contributed by atoms with Gasteiger partial charge >= 0.3 is 18.3 Å². The normalized spacial score (nSPS) is 15.5. The smallest absolute Gasteiger partial charge is 0.416 e. The number of thiophene rings is 1. The molecule has 3 rings (SSSR count). The van der Waals surface area contributed by atoms with Crippen LogP contribution in [0.4, 0.5) is 26.3 Å². The largest absolute Gasteiger partial charge is 0.481 e. The van der Waals surface area contributed by atoms with Crippen LogP contribution in [0.3, 0.4) is 0 Å². The Balaban J connectivity index is 1.75. The van der Waals surface area contributed by atoms with Crippen molar-refractivity contribution in [1.29, 1.82) is 0 Å². The number of hydrogen-bond donors (Lipinski definition) is 2. The lowest BCUT2D eigenvalue weighted by atomic mass is 10.0. The molecule has 37 heavy (non-hydrogen) atoms. The molecule has 2 heterocycles. The molecule has 2 aromatic rings. The van der Waals surface area contributed by atoms with Gasteiger partial charge in [-0.15, -0.1) is 11.3 Å². The summed E-state index contributed by atoms with van der Waals surface area (Å²) in [5.74, 6) is -2.06. The zero-order chi connectivity index (χ0) is 27.5. The van der Waals surface area contributed by atoms with Gasteiger partial charge in [0.05, 0.1) is 22.5 Å².